The van der Waals surface area contributed by atoms with Crippen LogP contribution in [0.1, 0.15) is 16.8 Å². The molecule has 1 aromatic carbocycles. The molecule has 0 aliphatic carbocycles. The maximum atomic E-state index is 13.7. The van der Waals surface area contributed by atoms with E-state index in [0.29, 0.717) is 13.1 Å². The second kappa shape index (κ2) is 6.09. The van der Waals surface area contributed by atoms with Crippen molar-refractivity contribution in [2.75, 3.05) is 18.4 Å². The van der Waals surface area contributed by atoms with E-state index in [0.717, 1.165) is 24.2 Å². The highest BCUT2D eigenvalue weighted by Gasteiger charge is 2.30. The summed E-state index contributed by atoms with van der Waals surface area (Å²) in [5.41, 5.74) is 0.378. The van der Waals surface area contributed by atoms with Gasteiger partial charge in [0.25, 0.3) is 5.91 Å². The fourth-order valence-corrected chi connectivity index (χ4v) is 2.61. The topological polar surface area (TPSA) is 45.2 Å². The molecule has 2 heterocycles. The molecular weight excluding hydrogens is 288 g/mol. The number of nitrogens with one attached hydrogen (secondary N) is 1. The van der Waals surface area contributed by atoms with E-state index in [9.17, 15) is 13.6 Å². The van der Waals surface area contributed by atoms with Gasteiger partial charge in [-0.05, 0) is 30.7 Å². The Morgan fingerprint density at radius 3 is 2.68 bits per heavy atom. The number of amides is 1. The number of carbonyl (C=O) groups is 1. The average Bonchev–Trinajstić information content (AvgIpc) is 2.96. The number of aromatic nitrogens is 1. The summed E-state index contributed by atoms with van der Waals surface area (Å²) in [5.74, 6) is -2.26. The van der Waals surface area contributed by atoms with Crippen LogP contribution in [0.5, 0.6) is 0 Å². The van der Waals surface area contributed by atoms with Crippen molar-refractivity contribution in [1.29, 1.82) is 0 Å². The zero-order valence-corrected chi connectivity index (χ0v) is 11.8. The van der Waals surface area contributed by atoms with Gasteiger partial charge >= 0.3 is 0 Å². The summed E-state index contributed by atoms with van der Waals surface area (Å²) in [6, 6.07) is 7.18. The molecule has 114 valence electrons. The minimum absolute atomic E-state index is 0.0444. The highest BCUT2D eigenvalue weighted by molar-refractivity contribution is 5.95. The lowest BCUT2D eigenvalue weighted by molar-refractivity contribution is 0.0782. The zero-order chi connectivity index (χ0) is 15.5. The number of halogens is 2. The molecule has 0 saturated carbocycles. The van der Waals surface area contributed by atoms with E-state index in [4.69, 9.17) is 0 Å². The molecule has 4 nitrogen and oxygen atoms in total. The first-order valence-corrected chi connectivity index (χ1v) is 7.05. The minimum Gasteiger partial charge on any atom is -0.379 e. The molecule has 22 heavy (non-hydrogen) atoms. The summed E-state index contributed by atoms with van der Waals surface area (Å²) >= 11 is 0. The van der Waals surface area contributed by atoms with Gasteiger partial charge in [-0.3, -0.25) is 9.78 Å². The van der Waals surface area contributed by atoms with Crippen LogP contribution in [0.25, 0.3) is 0 Å². The fourth-order valence-electron chi connectivity index (χ4n) is 2.61. The Bertz CT molecular complexity index is 658. The van der Waals surface area contributed by atoms with Crippen LogP contribution in [-0.2, 0) is 0 Å². The summed E-state index contributed by atoms with van der Waals surface area (Å²) in [7, 11) is 0. The second-order valence-electron chi connectivity index (χ2n) is 5.22. The van der Waals surface area contributed by atoms with E-state index in [1.54, 1.807) is 12.4 Å². The van der Waals surface area contributed by atoms with Crippen LogP contribution >= 0.6 is 0 Å². The molecule has 1 aliphatic rings. The number of pyridine rings is 1. The first-order chi connectivity index (χ1) is 10.6. The number of likely N-dealkylation sites (tertiary alicyclic amines) is 1. The average molecular weight is 303 g/mol. The van der Waals surface area contributed by atoms with Gasteiger partial charge in [0.1, 0.15) is 17.2 Å². The molecule has 1 fully saturated rings. The van der Waals surface area contributed by atoms with Gasteiger partial charge in [-0.1, -0.05) is 6.07 Å². The third-order valence-corrected chi connectivity index (χ3v) is 3.68. The number of rotatable bonds is 3. The van der Waals surface area contributed by atoms with Crippen LogP contribution in [0.15, 0.2) is 42.7 Å². The summed E-state index contributed by atoms with van der Waals surface area (Å²) in [5, 5.41) is 3.26. The molecule has 1 saturated heterocycles. The minimum atomic E-state index is -0.825. The molecular formula is C16H15F2N3O. The van der Waals surface area contributed by atoms with Gasteiger partial charge in [0.15, 0.2) is 0 Å². The molecule has 1 aliphatic heterocycles. The Labute approximate surface area is 126 Å². The summed E-state index contributed by atoms with van der Waals surface area (Å²) < 4.78 is 27.4. The first kappa shape index (κ1) is 14.4. The largest absolute Gasteiger partial charge is 0.379 e. The van der Waals surface area contributed by atoms with Crippen molar-refractivity contribution in [3.8, 4) is 0 Å². The molecule has 0 spiro atoms. The van der Waals surface area contributed by atoms with Gasteiger partial charge in [0, 0.05) is 31.5 Å². The van der Waals surface area contributed by atoms with E-state index >= 15 is 0 Å². The van der Waals surface area contributed by atoms with E-state index < -0.39 is 23.1 Å². The SMILES string of the molecule is O=C(c1c(F)cccc1F)N1CC[C@H](Nc2cccnc2)C1. The maximum absolute atomic E-state index is 13.7. The normalized spacial score (nSPS) is 17.5. The molecule has 6 heteroatoms. The zero-order valence-electron chi connectivity index (χ0n) is 11.8. The molecule has 3 rings (SSSR count). The van der Waals surface area contributed by atoms with Crippen molar-refractivity contribution in [2.24, 2.45) is 0 Å². The Morgan fingerprint density at radius 2 is 2.00 bits per heavy atom. The Kier molecular flexibility index (Phi) is 4.00. The monoisotopic (exact) mass is 303 g/mol. The highest BCUT2D eigenvalue weighted by Crippen LogP contribution is 2.20. The molecule has 2 aromatic rings. The predicted molar refractivity (Wildman–Crippen MR) is 78.5 cm³/mol. The first-order valence-electron chi connectivity index (χ1n) is 7.05. The van der Waals surface area contributed by atoms with E-state index in [1.807, 2.05) is 12.1 Å². The quantitative estimate of drug-likeness (QED) is 0.948. The summed E-state index contributed by atoms with van der Waals surface area (Å²) in [6.07, 6.45) is 4.09. The number of benzene rings is 1. The lowest BCUT2D eigenvalue weighted by atomic mass is 10.1. The molecule has 1 amide bonds. The van der Waals surface area contributed by atoms with Gasteiger partial charge in [-0.15, -0.1) is 0 Å². The molecule has 0 bridgehead atoms. The number of hydrogen-bond acceptors (Lipinski definition) is 3. The Balaban J connectivity index is 1.69. The molecule has 0 radical (unpaired) electrons. The summed E-state index contributed by atoms with van der Waals surface area (Å²) in [6.45, 7) is 0.867. The van der Waals surface area contributed by atoms with E-state index in [-0.39, 0.29) is 6.04 Å². The second-order valence-corrected chi connectivity index (χ2v) is 5.22. The Hall–Kier alpha value is -2.50. The van der Waals surface area contributed by atoms with Crippen LogP contribution in [0, 0.1) is 11.6 Å². The lowest BCUT2D eigenvalue weighted by Crippen LogP contribution is -2.32. The van der Waals surface area contributed by atoms with Gasteiger partial charge in [-0.25, -0.2) is 8.78 Å². The smallest absolute Gasteiger partial charge is 0.259 e. The van der Waals surface area contributed by atoms with Crippen LogP contribution in [0.3, 0.4) is 0 Å². The fraction of sp³-hybridized carbons (Fsp3) is 0.250. The summed E-state index contributed by atoms with van der Waals surface area (Å²) in [4.78, 5) is 17.8. The number of nitrogens with zero attached hydrogens (tertiary/aromatic N) is 2. The van der Waals surface area contributed by atoms with Crippen LogP contribution < -0.4 is 5.32 Å². The van der Waals surface area contributed by atoms with Gasteiger partial charge in [0.2, 0.25) is 0 Å². The van der Waals surface area contributed by atoms with Gasteiger partial charge in [0.05, 0.1) is 5.69 Å². The number of hydrogen-bond donors (Lipinski definition) is 1. The van der Waals surface area contributed by atoms with Gasteiger partial charge < -0.3 is 10.2 Å². The molecule has 1 aromatic heterocycles. The van der Waals surface area contributed by atoms with E-state index in [2.05, 4.69) is 10.3 Å². The third-order valence-electron chi connectivity index (χ3n) is 3.68. The van der Waals surface area contributed by atoms with Crippen LogP contribution in [0.2, 0.25) is 0 Å². The van der Waals surface area contributed by atoms with Crippen molar-refractivity contribution in [3.63, 3.8) is 0 Å². The van der Waals surface area contributed by atoms with Crippen LogP contribution in [0.4, 0.5) is 14.5 Å². The highest BCUT2D eigenvalue weighted by atomic mass is 19.1. The van der Waals surface area contributed by atoms with Crippen molar-refractivity contribution in [1.82, 2.24) is 9.88 Å². The van der Waals surface area contributed by atoms with Crippen molar-refractivity contribution in [2.45, 2.75) is 12.5 Å². The van der Waals surface area contributed by atoms with E-state index in [1.165, 1.54) is 11.0 Å². The van der Waals surface area contributed by atoms with Gasteiger partial charge in [-0.2, -0.15) is 0 Å². The predicted octanol–water partition coefficient (Wildman–Crippen LogP) is 2.69. The van der Waals surface area contributed by atoms with Crippen molar-refractivity contribution in [3.05, 3.63) is 59.9 Å². The maximum Gasteiger partial charge on any atom is 0.259 e. The van der Waals surface area contributed by atoms with Crippen molar-refractivity contribution >= 4 is 11.6 Å². The Morgan fingerprint density at radius 1 is 1.23 bits per heavy atom. The standard InChI is InChI=1S/C16H15F2N3O/c17-13-4-1-5-14(18)15(13)16(22)21-8-6-12(10-21)20-11-3-2-7-19-9-11/h1-5,7,9,12,20H,6,8,10H2/t12-/m0/s1. The number of anilines is 1. The molecule has 0 unspecified atom stereocenters. The van der Waals surface area contributed by atoms with Crippen molar-refractivity contribution < 1.29 is 13.6 Å². The third kappa shape index (κ3) is 2.90. The lowest BCUT2D eigenvalue weighted by Gasteiger charge is -2.18. The molecule has 1 N–H and O–H groups in total. The molecule has 1 atom stereocenters. The number of carbonyl (C=O) groups excluding carboxylic acids is 1. The van der Waals surface area contributed by atoms with Crippen LogP contribution in [-0.4, -0.2) is 34.9 Å².